The van der Waals surface area contributed by atoms with Crippen molar-refractivity contribution in [3.8, 4) is 0 Å². The molecule has 4 nitrogen and oxygen atoms in total. The van der Waals surface area contributed by atoms with E-state index in [0.717, 1.165) is 0 Å². The molecule has 1 aromatic carbocycles. The van der Waals surface area contributed by atoms with Gasteiger partial charge in [0.2, 0.25) is 5.91 Å². The van der Waals surface area contributed by atoms with Crippen LogP contribution in [0.3, 0.4) is 0 Å². The average Bonchev–Trinajstić information content (AvgIpc) is 2.27. The molecule has 0 aromatic heterocycles. The summed E-state index contributed by atoms with van der Waals surface area (Å²) in [4.78, 5) is 22.9. The number of hydrogen-bond donors (Lipinski definition) is 0. The summed E-state index contributed by atoms with van der Waals surface area (Å²) in [6.45, 7) is 1.41. The van der Waals surface area contributed by atoms with E-state index < -0.39 is 0 Å². The van der Waals surface area contributed by atoms with Crippen molar-refractivity contribution in [2.45, 2.75) is 6.92 Å². The van der Waals surface area contributed by atoms with Gasteiger partial charge >= 0.3 is 0 Å². The highest BCUT2D eigenvalue weighted by molar-refractivity contribution is 5.94. The number of hydrogen-bond acceptors (Lipinski definition) is 2. The van der Waals surface area contributed by atoms with Crippen molar-refractivity contribution in [2.24, 2.45) is 0 Å². The third-order valence-electron chi connectivity index (χ3n) is 2.22. The summed E-state index contributed by atoms with van der Waals surface area (Å²) in [5.74, 6) is -0.380. The predicted octanol–water partition coefficient (Wildman–Crippen LogP) is 1.15. The summed E-state index contributed by atoms with van der Waals surface area (Å²) >= 11 is 0. The van der Waals surface area contributed by atoms with Crippen LogP contribution in [0.25, 0.3) is 0 Å². The summed E-state index contributed by atoms with van der Waals surface area (Å²) in [5.41, 5.74) is 0.563. The lowest BCUT2D eigenvalue weighted by molar-refractivity contribution is -0.137. The first-order valence-corrected chi connectivity index (χ1v) is 4.61. The molecule has 0 spiro atoms. The van der Waals surface area contributed by atoms with Crippen LogP contribution in [0, 0.1) is 0 Å². The number of nitrogens with zero attached hydrogens (tertiary/aromatic N) is 2. The molecule has 0 N–H and O–H groups in total. The maximum Gasteiger partial charge on any atom is 0.272 e. The smallest absolute Gasteiger partial charge is 0.272 e. The highest BCUT2D eigenvalue weighted by atomic mass is 16.2. The molecule has 2 amide bonds. The van der Waals surface area contributed by atoms with Gasteiger partial charge in [0.1, 0.15) is 0 Å². The normalized spacial score (nSPS) is 9.53. The lowest BCUT2D eigenvalue weighted by Gasteiger charge is -2.27. The summed E-state index contributed by atoms with van der Waals surface area (Å²) in [6, 6.07) is 8.84. The van der Waals surface area contributed by atoms with Crippen LogP contribution in [0.5, 0.6) is 0 Å². The number of amides is 2. The SMILES string of the molecule is CC(=O)N(C)N(C)C(=O)c1ccccc1. The van der Waals surface area contributed by atoms with Crippen LogP contribution in [-0.4, -0.2) is 35.9 Å². The van der Waals surface area contributed by atoms with Crippen molar-refractivity contribution in [3.05, 3.63) is 35.9 Å². The predicted molar refractivity (Wildman–Crippen MR) is 57.0 cm³/mol. The molecule has 0 saturated carbocycles. The molecule has 0 heterocycles. The molecule has 0 fully saturated rings. The number of hydrazine groups is 1. The Morgan fingerprint density at radius 3 is 2.00 bits per heavy atom. The molecule has 1 aromatic rings. The molecular formula is C11H14N2O2. The number of carbonyl (C=O) groups is 2. The Kier molecular flexibility index (Phi) is 3.44. The van der Waals surface area contributed by atoms with Crippen LogP contribution in [-0.2, 0) is 4.79 Å². The van der Waals surface area contributed by atoms with Crippen molar-refractivity contribution >= 4 is 11.8 Å². The second kappa shape index (κ2) is 4.59. The molecule has 0 aliphatic heterocycles. The maximum absolute atomic E-state index is 11.8. The van der Waals surface area contributed by atoms with Gasteiger partial charge in [-0.1, -0.05) is 18.2 Å². The average molecular weight is 206 g/mol. The van der Waals surface area contributed by atoms with Crippen molar-refractivity contribution in [1.82, 2.24) is 10.0 Å². The zero-order valence-electron chi connectivity index (χ0n) is 9.10. The number of benzene rings is 1. The molecule has 0 aliphatic carbocycles. The fraction of sp³-hybridized carbons (Fsp3) is 0.273. The van der Waals surface area contributed by atoms with Crippen molar-refractivity contribution < 1.29 is 9.59 Å². The first-order chi connectivity index (χ1) is 7.04. The van der Waals surface area contributed by atoms with Gasteiger partial charge in [0.05, 0.1) is 0 Å². The van der Waals surface area contributed by atoms with Crippen LogP contribution in [0.15, 0.2) is 30.3 Å². The molecular weight excluding hydrogens is 192 g/mol. The molecule has 80 valence electrons. The van der Waals surface area contributed by atoms with E-state index in [1.54, 1.807) is 38.4 Å². The molecule has 0 aliphatic rings. The quantitative estimate of drug-likeness (QED) is 0.647. The van der Waals surface area contributed by atoms with E-state index in [4.69, 9.17) is 0 Å². The van der Waals surface area contributed by atoms with Gasteiger partial charge in [-0.15, -0.1) is 0 Å². The highest BCUT2D eigenvalue weighted by Crippen LogP contribution is 2.04. The lowest BCUT2D eigenvalue weighted by Crippen LogP contribution is -2.43. The lowest BCUT2D eigenvalue weighted by atomic mass is 10.2. The zero-order chi connectivity index (χ0) is 11.4. The van der Waals surface area contributed by atoms with E-state index in [1.807, 2.05) is 6.07 Å². The van der Waals surface area contributed by atoms with Crippen molar-refractivity contribution in [3.63, 3.8) is 0 Å². The van der Waals surface area contributed by atoms with Crippen molar-refractivity contribution in [1.29, 1.82) is 0 Å². The first kappa shape index (κ1) is 11.2. The number of rotatable bonds is 1. The van der Waals surface area contributed by atoms with E-state index in [1.165, 1.54) is 16.9 Å². The minimum absolute atomic E-state index is 0.179. The van der Waals surface area contributed by atoms with E-state index in [9.17, 15) is 9.59 Å². The molecule has 1 rings (SSSR count). The van der Waals surface area contributed by atoms with Gasteiger partial charge in [-0.3, -0.25) is 19.6 Å². The van der Waals surface area contributed by atoms with E-state index in [0.29, 0.717) is 5.56 Å². The molecule has 0 bridgehead atoms. The molecule has 0 atom stereocenters. The second-order valence-corrected chi connectivity index (χ2v) is 3.24. The second-order valence-electron chi connectivity index (χ2n) is 3.24. The minimum atomic E-state index is -0.201. The third-order valence-corrected chi connectivity index (χ3v) is 2.22. The van der Waals surface area contributed by atoms with Gasteiger partial charge in [0.15, 0.2) is 0 Å². The summed E-state index contributed by atoms with van der Waals surface area (Å²) in [5, 5.41) is 2.56. The largest absolute Gasteiger partial charge is 0.273 e. The van der Waals surface area contributed by atoms with Gasteiger partial charge in [-0.25, -0.2) is 0 Å². The van der Waals surface area contributed by atoms with Gasteiger partial charge < -0.3 is 0 Å². The van der Waals surface area contributed by atoms with E-state index in [2.05, 4.69) is 0 Å². The van der Waals surface area contributed by atoms with Gasteiger partial charge in [0.25, 0.3) is 5.91 Å². The highest BCUT2D eigenvalue weighted by Gasteiger charge is 2.16. The van der Waals surface area contributed by atoms with Gasteiger partial charge in [0, 0.05) is 26.6 Å². The standard InChI is InChI=1S/C11H14N2O2/c1-9(14)12(2)13(3)11(15)10-7-5-4-6-8-10/h4-8H,1-3H3. The number of carbonyl (C=O) groups excluding carboxylic acids is 2. The molecule has 0 radical (unpaired) electrons. The molecule has 0 unspecified atom stereocenters. The third kappa shape index (κ3) is 2.56. The van der Waals surface area contributed by atoms with Crippen LogP contribution in [0.1, 0.15) is 17.3 Å². The van der Waals surface area contributed by atoms with Crippen LogP contribution in [0.2, 0.25) is 0 Å². The summed E-state index contributed by atoms with van der Waals surface area (Å²) < 4.78 is 0. The summed E-state index contributed by atoms with van der Waals surface area (Å²) in [6.07, 6.45) is 0. The maximum atomic E-state index is 11.8. The Balaban J connectivity index is 2.82. The van der Waals surface area contributed by atoms with Crippen LogP contribution in [0.4, 0.5) is 0 Å². The summed E-state index contributed by atoms with van der Waals surface area (Å²) in [7, 11) is 3.12. The Morgan fingerprint density at radius 2 is 1.53 bits per heavy atom. The zero-order valence-corrected chi connectivity index (χ0v) is 9.10. The minimum Gasteiger partial charge on any atom is -0.273 e. The van der Waals surface area contributed by atoms with Gasteiger partial charge in [-0.2, -0.15) is 0 Å². The first-order valence-electron chi connectivity index (χ1n) is 4.61. The Labute approximate surface area is 89.1 Å². The Bertz CT molecular complexity index is 362. The fourth-order valence-electron chi connectivity index (χ4n) is 1.12. The van der Waals surface area contributed by atoms with E-state index >= 15 is 0 Å². The topological polar surface area (TPSA) is 40.6 Å². The van der Waals surface area contributed by atoms with E-state index in [-0.39, 0.29) is 11.8 Å². The molecule has 4 heteroatoms. The van der Waals surface area contributed by atoms with Crippen LogP contribution >= 0.6 is 0 Å². The Morgan fingerprint density at radius 1 is 1.00 bits per heavy atom. The fourth-order valence-corrected chi connectivity index (χ4v) is 1.12. The van der Waals surface area contributed by atoms with Gasteiger partial charge in [-0.05, 0) is 12.1 Å². The monoisotopic (exact) mass is 206 g/mol. The van der Waals surface area contributed by atoms with Crippen molar-refractivity contribution in [2.75, 3.05) is 14.1 Å². The molecule has 0 saturated heterocycles. The van der Waals surface area contributed by atoms with Crippen LogP contribution < -0.4 is 0 Å². The molecule has 15 heavy (non-hydrogen) atoms. The Hall–Kier alpha value is -1.84.